The molecule has 0 radical (unpaired) electrons. The van der Waals surface area contributed by atoms with Crippen molar-refractivity contribution in [2.75, 3.05) is 31.1 Å². The average molecular weight is 476 g/mol. The van der Waals surface area contributed by atoms with E-state index in [4.69, 9.17) is 5.11 Å². The number of nitrogens with zero attached hydrogens (tertiary/aromatic N) is 9. The van der Waals surface area contributed by atoms with Crippen molar-refractivity contribution in [1.29, 1.82) is 0 Å². The molecule has 0 unspecified atom stereocenters. The number of piperazine rings is 1. The van der Waals surface area contributed by atoms with Gasteiger partial charge in [0.2, 0.25) is 0 Å². The van der Waals surface area contributed by atoms with Crippen LogP contribution in [0.5, 0.6) is 0 Å². The second-order valence-electron chi connectivity index (χ2n) is 8.49. The van der Waals surface area contributed by atoms with Gasteiger partial charge in [0.15, 0.2) is 5.82 Å². The highest BCUT2D eigenvalue weighted by molar-refractivity contribution is 5.65. The maximum absolute atomic E-state index is 13.2. The van der Waals surface area contributed by atoms with E-state index < -0.39 is 6.09 Å². The zero-order valence-corrected chi connectivity index (χ0v) is 19.4. The summed E-state index contributed by atoms with van der Waals surface area (Å²) in [6.07, 6.45) is 5.78. The lowest BCUT2D eigenvalue weighted by Crippen LogP contribution is -2.48. The number of aromatic nitrogens is 7. The van der Waals surface area contributed by atoms with Crippen LogP contribution in [0.3, 0.4) is 0 Å². The minimum Gasteiger partial charge on any atom is -0.465 e. The number of pyridine rings is 2. The molecular weight excluding hydrogens is 450 g/mol. The third kappa shape index (κ3) is 4.25. The van der Waals surface area contributed by atoms with Crippen LogP contribution in [-0.2, 0) is 0 Å². The van der Waals surface area contributed by atoms with Crippen LogP contribution in [0.15, 0.2) is 60.0 Å². The molecule has 1 aliphatic heterocycles. The van der Waals surface area contributed by atoms with E-state index in [1.165, 1.54) is 14.0 Å². The molecule has 12 nitrogen and oxygen atoms in total. The Hall–Kier alpha value is -4.48. The van der Waals surface area contributed by atoms with Gasteiger partial charge < -0.3 is 19.5 Å². The smallest absolute Gasteiger partial charge is 0.407 e. The molecule has 1 saturated heterocycles. The number of carboxylic acid groups (broad SMARTS) is 1. The first-order valence-corrected chi connectivity index (χ1v) is 11.3. The number of hydrogen-bond donors (Lipinski definition) is 1. The second kappa shape index (κ2) is 9.05. The molecule has 4 aromatic rings. The summed E-state index contributed by atoms with van der Waals surface area (Å²) in [7, 11) is 0. The molecule has 5 rings (SSSR count). The summed E-state index contributed by atoms with van der Waals surface area (Å²) in [5.74, 6) is 1.59. The molecular formula is C23H25N9O3. The van der Waals surface area contributed by atoms with Gasteiger partial charge in [0.05, 0.1) is 11.9 Å². The van der Waals surface area contributed by atoms with Gasteiger partial charge in [0, 0.05) is 44.6 Å². The molecule has 5 heterocycles. The fourth-order valence-corrected chi connectivity index (χ4v) is 4.08. The summed E-state index contributed by atoms with van der Waals surface area (Å²) in [5, 5.41) is 17.3. The lowest BCUT2D eigenvalue weighted by Gasteiger charge is -2.34. The molecule has 0 aliphatic carbocycles. The largest absolute Gasteiger partial charge is 0.465 e. The van der Waals surface area contributed by atoms with Gasteiger partial charge in [0.25, 0.3) is 0 Å². The average Bonchev–Trinajstić information content (AvgIpc) is 3.52. The predicted octanol–water partition coefficient (Wildman–Crippen LogP) is 2.06. The number of hydrogen-bond acceptors (Lipinski definition) is 7. The van der Waals surface area contributed by atoms with Crippen molar-refractivity contribution in [1.82, 2.24) is 38.8 Å². The first-order valence-electron chi connectivity index (χ1n) is 11.3. The molecule has 180 valence electrons. The number of rotatable bonds is 5. The maximum Gasteiger partial charge on any atom is 0.407 e. The highest BCUT2D eigenvalue weighted by atomic mass is 16.4. The monoisotopic (exact) mass is 475 g/mol. The Labute approximate surface area is 200 Å². The molecule has 0 saturated carbocycles. The summed E-state index contributed by atoms with van der Waals surface area (Å²) in [4.78, 5) is 36.9. The van der Waals surface area contributed by atoms with Crippen LogP contribution in [-0.4, -0.2) is 76.1 Å². The standard InChI is InChI=1S/C23H25N9O3/c1-16(2)32-15-25-27-21(32)18-4-3-5-20(26-18)31-13-12-30(22(31)33)19-7-6-17(14-24-19)28-8-10-29(11-9-28)23(34)35/h3-7,12-16H,8-11H2,1-2H3,(H,34,35). The third-order valence-electron chi connectivity index (χ3n) is 6.01. The molecule has 4 aromatic heterocycles. The summed E-state index contributed by atoms with van der Waals surface area (Å²) in [6, 6.07) is 9.27. The Morgan fingerprint density at radius 3 is 2.40 bits per heavy atom. The zero-order chi connectivity index (χ0) is 24.5. The van der Waals surface area contributed by atoms with Crippen LogP contribution in [0.2, 0.25) is 0 Å². The van der Waals surface area contributed by atoms with Crippen LogP contribution in [0, 0.1) is 0 Å². The predicted molar refractivity (Wildman–Crippen MR) is 128 cm³/mol. The van der Waals surface area contributed by atoms with Gasteiger partial charge in [-0.3, -0.25) is 9.13 Å². The Bertz CT molecular complexity index is 1400. The van der Waals surface area contributed by atoms with Gasteiger partial charge in [-0.1, -0.05) is 6.07 Å². The zero-order valence-electron chi connectivity index (χ0n) is 19.4. The van der Waals surface area contributed by atoms with Gasteiger partial charge in [-0.2, -0.15) is 0 Å². The van der Waals surface area contributed by atoms with Gasteiger partial charge in [-0.05, 0) is 38.1 Å². The molecule has 35 heavy (non-hydrogen) atoms. The lowest BCUT2D eigenvalue weighted by atomic mass is 10.3. The molecule has 0 aromatic carbocycles. The maximum atomic E-state index is 13.2. The van der Waals surface area contributed by atoms with E-state index in [9.17, 15) is 9.59 Å². The number of carbonyl (C=O) groups is 1. The van der Waals surface area contributed by atoms with E-state index in [0.717, 1.165) is 5.69 Å². The normalized spacial score (nSPS) is 14.0. The summed E-state index contributed by atoms with van der Waals surface area (Å²) < 4.78 is 4.84. The van der Waals surface area contributed by atoms with Crippen LogP contribution >= 0.6 is 0 Å². The Kier molecular flexibility index (Phi) is 5.77. The highest BCUT2D eigenvalue weighted by Crippen LogP contribution is 2.20. The van der Waals surface area contributed by atoms with Gasteiger partial charge in [0.1, 0.15) is 23.7 Å². The topological polar surface area (TPSA) is 127 Å². The van der Waals surface area contributed by atoms with Crippen LogP contribution in [0.25, 0.3) is 23.2 Å². The second-order valence-corrected chi connectivity index (χ2v) is 8.49. The van der Waals surface area contributed by atoms with E-state index in [2.05, 4.69) is 25.1 Å². The van der Waals surface area contributed by atoms with Crippen LogP contribution in [0.1, 0.15) is 19.9 Å². The van der Waals surface area contributed by atoms with Crippen molar-refractivity contribution < 1.29 is 9.90 Å². The van der Waals surface area contributed by atoms with Crippen molar-refractivity contribution in [3.8, 4) is 23.2 Å². The van der Waals surface area contributed by atoms with E-state index in [1.54, 1.807) is 37.1 Å². The quantitative estimate of drug-likeness (QED) is 0.465. The molecule has 0 atom stereocenters. The van der Waals surface area contributed by atoms with Gasteiger partial charge in [-0.25, -0.2) is 19.6 Å². The first-order chi connectivity index (χ1) is 16.9. The first kappa shape index (κ1) is 22.3. The van der Waals surface area contributed by atoms with E-state index >= 15 is 0 Å². The van der Waals surface area contributed by atoms with Crippen LogP contribution in [0.4, 0.5) is 10.5 Å². The summed E-state index contributed by atoms with van der Waals surface area (Å²) in [5.41, 5.74) is 1.21. The molecule has 1 aliphatic rings. The molecule has 12 heteroatoms. The fourth-order valence-electron chi connectivity index (χ4n) is 4.08. The van der Waals surface area contributed by atoms with Gasteiger partial charge >= 0.3 is 11.8 Å². The molecule has 1 amide bonds. The number of anilines is 1. The van der Waals surface area contributed by atoms with Crippen molar-refractivity contribution in [2.45, 2.75) is 19.9 Å². The highest BCUT2D eigenvalue weighted by Gasteiger charge is 2.21. The third-order valence-corrected chi connectivity index (χ3v) is 6.01. The van der Waals surface area contributed by atoms with Crippen LogP contribution < -0.4 is 10.6 Å². The van der Waals surface area contributed by atoms with E-state index in [-0.39, 0.29) is 11.7 Å². The van der Waals surface area contributed by atoms with E-state index in [1.807, 2.05) is 36.6 Å². The minimum absolute atomic E-state index is 0.171. The fraction of sp³-hybridized carbons (Fsp3) is 0.304. The lowest BCUT2D eigenvalue weighted by molar-refractivity contribution is 0.142. The van der Waals surface area contributed by atoms with Crippen molar-refractivity contribution in [3.05, 3.63) is 65.7 Å². The van der Waals surface area contributed by atoms with E-state index in [0.29, 0.717) is 49.3 Å². The van der Waals surface area contributed by atoms with Crippen molar-refractivity contribution in [3.63, 3.8) is 0 Å². The summed E-state index contributed by atoms with van der Waals surface area (Å²) in [6.45, 7) is 6.15. The summed E-state index contributed by atoms with van der Waals surface area (Å²) >= 11 is 0. The van der Waals surface area contributed by atoms with Crippen molar-refractivity contribution in [2.24, 2.45) is 0 Å². The Morgan fingerprint density at radius 1 is 1.00 bits per heavy atom. The molecule has 0 spiro atoms. The molecule has 1 fully saturated rings. The molecule has 1 N–H and O–H groups in total. The van der Waals surface area contributed by atoms with Gasteiger partial charge in [-0.15, -0.1) is 10.2 Å². The number of amides is 1. The minimum atomic E-state index is -0.899. The molecule has 0 bridgehead atoms. The Morgan fingerprint density at radius 2 is 1.74 bits per heavy atom. The SMILES string of the molecule is CC(C)n1cnnc1-c1cccc(-n2ccn(-c3ccc(N4CCN(C(=O)O)CC4)cn3)c2=O)n1. The number of imidazole rings is 1. The van der Waals surface area contributed by atoms with Crippen molar-refractivity contribution >= 4 is 11.8 Å². The Balaban J connectivity index is 1.38.